The van der Waals surface area contributed by atoms with Crippen LogP contribution < -0.4 is 10.1 Å². The molecule has 0 bridgehead atoms. The Balaban J connectivity index is 1.81. The number of para-hydroxylation sites is 1. The molecule has 0 aromatic heterocycles. The van der Waals surface area contributed by atoms with Gasteiger partial charge in [-0.05, 0) is 36.4 Å². The average Bonchev–Trinajstić information content (AvgIpc) is 2.67. The smallest absolute Gasteiger partial charge is 0.387 e. The molecule has 2 amide bonds. The first kappa shape index (κ1) is 22.1. The molecule has 0 aliphatic carbocycles. The number of hydrogen-bond acceptors (Lipinski definition) is 5. The molecule has 10 heteroatoms. The summed E-state index contributed by atoms with van der Waals surface area (Å²) in [7, 11) is 1.37. The average molecular weight is 427 g/mol. The second-order valence-electron chi connectivity index (χ2n) is 5.76. The number of benzene rings is 2. The van der Waals surface area contributed by atoms with Crippen LogP contribution in [0.1, 0.15) is 10.4 Å². The van der Waals surface area contributed by atoms with E-state index in [1.54, 1.807) is 24.3 Å². The molecule has 7 nitrogen and oxygen atoms in total. The molecule has 2 rings (SSSR count). The number of nitrogens with zero attached hydrogens (tertiary/aromatic N) is 1. The maximum atomic E-state index is 12.1. The Morgan fingerprint density at radius 3 is 2.38 bits per heavy atom. The summed E-state index contributed by atoms with van der Waals surface area (Å²) in [5, 5.41) is 2.92. The third kappa shape index (κ3) is 7.04. The summed E-state index contributed by atoms with van der Waals surface area (Å²) in [6, 6.07) is 11.4. The number of nitrogens with one attached hydrogen (secondary N) is 1. The first-order valence-corrected chi connectivity index (χ1v) is 8.64. The zero-order valence-electron chi connectivity index (χ0n) is 15.2. The molecule has 2 aromatic carbocycles. The topological polar surface area (TPSA) is 84.9 Å². The lowest BCUT2D eigenvalue weighted by molar-refractivity contribution is -0.136. The number of esters is 1. The molecule has 0 spiro atoms. The number of amides is 2. The summed E-state index contributed by atoms with van der Waals surface area (Å²) in [6.45, 7) is -3.85. The van der Waals surface area contributed by atoms with Crippen molar-refractivity contribution in [2.45, 2.75) is 6.61 Å². The Labute approximate surface area is 170 Å². The fourth-order valence-corrected chi connectivity index (χ4v) is 2.33. The van der Waals surface area contributed by atoms with Crippen molar-refractivity contribution in [1.82, 2.24) is 4.90 Å². The van der Waals surface area contributed by atoms with Gasteiger partial charge in [-0.15, -0.1) is 0 Å². The third-order valence-electron chi connectivity index (χ3n) is 3.60. The third-order valence-corrected chi connectivity index (χ3v) is 3.93. The van der Waals surface area contributed by atoms with Gasteiger partial charge >= 0.3 is 12.6 Å². The van der Waals surface area contributed by atoms with Crippen molar-refractivity contribution in [1.29, 1.82) is 0 Å². The van der Waals surface area contributed by atoms with Gasteiger partial charge in [0.15, 0.2) is 6.61 Å². The standard InChI is InChI=1S/C19H17ClF2N2O5/c1-24(10-16(25)23-15-5-3-2-4-14(15)20)17(26)11-28-18(27)12-6-8-13(9-7-12)29-19(21)22/h2-9,19H,10-11H2,1H3,(H,23,25). The second-order valence-corrected chi connectivity index (χ2v) is 6.16. The number of carbonyl (C=O) groups is 3. The predicted molar refractivity (Wildman–Crippen MR) is 101 cm³/mol. The number of ether oxygens (including phenoxy) is 2. The van der Waals surface area contributed by atoms with Crippen LogP contribution in [0.3, 0.4) is 0 Å². The highest BCUT2D eigenvalue weighted by Crippen LogP contribution is 2.20. The fourth-order valence-electron chi connectivity index (χ4n) is 2.15. The molecular formula is C19H17ClF2N2O5. The summed E-state index contributed by atoms with van der Waals surface area (Å²) in [6.07, 6.45) is 0. The number of alkyl halides is 2. The number of hydrogen-bond donors (Lipinski definition) is 1. The number of likely N-dealkylation sites (N-methyl/N-ethyl adjacent to an activating group) is 1. The molecule has 29 heavy (non-hydrogen) atoms. The summed E-state index contributed by atoms with van der Waals surface area (Å²) >= 11 is 5.95. The van der Waals surface area contributed by atoms with Crippen LogP contribution in [0.25, 0.3) is 0 Å². The van der Waals surface area contributed by atoms with Gasteiger partial charge in [-0.1, -0.05) is 23.7 Å². The van der Waals surface area contributed by atoms with Crippen molar-refractivity contribution in [3.63, 3.8) is 0 Å². The Morgan fingerprint density at radius 2 is 1.76 bits per heavy atom. The molecule has 0 radical (unpaired) electrons. The van der Waals surface area contributed by atoms with Crippen LogP contribution in [0.2, 0.25) is 5.02 Å². The molecule has 0 saturated heterocycles. The van der Waals surface area contributed by atoms with E-state index in [9.17, 15) is 23.2 Å². The van der Waals surface area contributed by atoms with Gasteiger partial charge < -0.3 is 19.7 Å². The molecule has 0 fully saturated rings. The Morgan fingerprint density at radius 1 is 1.10 bits per heavy atom. The first-order chi connectivity index (χ1) is 13.8. The van der Waals surface area contributed by atoms with E-state index in [0.717, 1.165) is 4.90 Å². The van der Waals surface area contributed by atoms with E-state index in [1.165, 1.54) is 31.3 Å². The zero-order valence-corrected chi connectivity index (χ0v) is 16.0. The normalized spacial score (nSPS) is 10.4. The van der Waals surface area contributed by atoms with Crippen molar-refractivity contribution in [2.75, 3.05) is 25.5 Å². The maximum absolute atomic E-state index is 12.1. The molecule has 2 aromatic rings. The van der Waals surface area contributed by atoms with E-state index in [-0.39, 0.29) is 17.9 Å². The van der Waals surface area contributed by atoms with E-state index >= 15 is 0 Å². The SMILES string of the molecule is CN(CC(=O)Nc1ccccc1Cl)C(=O)COC(=O)c1ccc(OC(F)F)cc1. The highest BCUT2D eigenvalue weighted by Gasteiger charge is 2.17. The van der Waals surface area contributed by atoms with Gasteiger partial charge in [0.05, 0.1) is 22.8 Å². The minimum absolute atomic E-state index is 0.0542. The van der Waals surface area contributed by atoms with Crippen molar-refractivity contribution < 1.29 is 32.6 Å². The molecular weight excluding hydrogens is 410 g/mol. The van der Waals surface area contributed by atoms with Gasteiger partial charge in [-0.25, -0.2) is 4.79 Å². The molecule has 0 heterocycles. The number of rotatable bonds is 8. The maximum Gasteiger partial charge on any atom is 0.387 e. The molecule has 0 unspecified atom stereocenters. The van der Waals surface area contributed by atoms with Crippen LogP contribution in [-0.4, -0.2) is 49.5 Å². The minimum atomic E-state index is -2.98. The summed E-state index contributed by atoms with van der Waals surface area (Å²) in [5.74, 6) is -2.02. The van der Waals surface area contributed by atoms with Gasteiger partial charge in [-0.2, -0.15) is 8.78 Å². The Kier molecular flexibility index (Phi) is 7.90. The minimum Gasteiger partial charge on any atom is -0.452 e. The monoisotopic (exact) mass is 426 g/mol. The van der Waals surface area contributed by atoms with Crippen LogP contribution in [-0.2, 0) is 14.3 Å². The second kappa shape index (κ2) is 10.4. The fraction of sp³-hybridized carbons (Fsp3) is 0.211. The molecule has 0 aliphatic rings. The van der Waals surface area contributed by atoms with Crippen molar-refractivity contribution >= 4 is 35.1 Å². The Hall–Kier alpha value is -3.20. The summed E-state index contributed by atoms with van der Waals surface area (Å²) in [5.41, 5.74) is 0.462. The van der Waals surface area contributed by atoms with Crippen LogP contribution in [0.15, 0.2) is 48.5 Å². The van der Waals surface area contributed by atoms with Crippen LogP contribution in [0, 0.1) is 0 Å². The van der Waals surface area contributed by atoms with E-state index < -0.39 is 31.0 Å². The first-order valence-electron chi connectivity index (χ1n) is 8.26. The van der Waals surface area contributed by atoms with Crippen LogP contribution in [0.4, 0.5) is 14.5 Å². The van der Waals surface area contributed by atoms with Gasteiger partial charge in [0.1, 0.15) is 5.75 Å². The van der Waals surface area contributed by atoms with Gasteiger partial charge in [-0.3, -0.25) is 9.59 Å². The molecule has 154 valence electrons. The molecule has 1 N–H and O–H groups in total. The van der Waals surface area contributed by atoms with Crippen molar-refractivity contribution in [3.05, 3.63) is 59.1 Å². The lowest BCUT2D eigenvalue weighted by atomic mass is 10.2. The van der Waals surface area contributed by atoms with E-state index in [2.05, 4.69) is 10.1 Å². The van der Waals surface area contributed by atoms with E-state index in [4.69, 9.17) is 16.3 Å². The lowest BCUT2D eigenvalue weighted by Crippen LogP contribution is -2.37. The zero-order chi connectivity index (χ0) is 21.4. The summed E-state index contributed by atoms with van der Waals surface area (Å²) in [4.78, 5) is 37.1. The lowest BCUT2D eigenvalue weighted by Gasteiger charge is -2.17. The largest absolute Gasteiger partial charge is 0.452 e. The molecule has 0 atom stereocenters. The number of carbonyl (C=O) groups excluding carboxylic acids is 3. The molecule has 0 aliphatic heterocycles. The van der Waals surface area contributed by atoms with Gasteiger partial charge in [0.2, 0.25) is 5.91 Å². The Bertz CT molecular complexity index is 877. The quantitative estimate of drug-likeness (QED) is 0.655. The van der Waals surface area contributed by atoms with E-state index in [1.807, 2.05) is 0 Å². The van der Waals surface area contributed by atoms with Crippen molar-refractivity contribution in [2.24, 2.45) is 0 Å². The van der Waals surface area contributed by atoms with Crippen LogP contribution in [0.5, 0.6) is 5.75 Å². The number of anilines is 1. The van der Waals surface area contributed by atoms with Crippen LogP contribution >= 0.6 is 11.6 Å². The number of halogens is 3. The predicted octanol–water partition coefficient (Wildman–Crippen LogP) is 3.20. The summed E-state index contributed by atoms with van der Waals surface area (Å²) < 4.78 is 33.3. The highest BCUT2D eigenvalue weighted by atomic mass is 35.5. The van der Waals surface area contributed by atoms with E-state index in [0.29, 0.717) is 10.7 Å². The molecule has 0 saturated carbocycles. The van der Waals surface area contributed by atoms with Gasteiger partial charge in [0.25, 0.3) is 5.91 Å². The van der Waals surface area contributed by atoms with Crippen molar-refractivity contribution in [3.8, 4) is 5.75 Å². The highest BCUT2D eigenvalue weighted by molar-refractivity contribution is 6.33. The van der Waals surface area contributed by atoms with Gasteiger partial charge in [0, 0.05) is 7.05 Å².